The zero-order chi connectivity index (χ0) is 12.3. The molecule has 2 nitrogen and oxygen atoms in total. The fourth-order valence-corrected chi connectivity index (χ4v) is 3.27. The largest absolute Gasteiger partial charge is 0.494 e. The lowest BCUT2D eigenvalue weighted by Crippen LogP contribution is -2.17. The number of hydrogen-bond donors (Lipinski definition) is 1. The van der Waals surface area contributed by atoms with Gasteiger partial charge in [-0.2, -0.15) is 0 Å². The average Bonchev–Trinajstić information content (AvgIpc) is 2.55. The molecule has 1 aliphatic rings. The second kappa shape index (κ2) is 5.87. The molecule has 0 spiro atoms. The number of benzene rings is 1. The van der Waals surface area contributed by atoms with Gasteiger partial charge in [-0.15, -0.1) is 0 Å². The highest BCUT2D eigenvalue weighted by molar-refractivity contribution is 9.10. The molecular weight excluding hydrogens is 278 g/mol. The highest BCUT2D eigenvalue weighted by Gasteiger charge is 2.22. The number of fused-ring (bicyclic) bond motifs is 1. The maximum absolute atomic E-state index is 5.76. The first-order valence-corrected chi connectivity index (χ1v) is 7.18. The van der Waals surface area contributed by atoms with E-state index in [0.717, 1.165) is 18.8 Å². The van der Waals surface area contributed by atoms with Crippen LogP contribution in [-0.4, -0.2) is 13.7 Å². The van der Waals surface area contributed by atoms with Gasteiger partial charge in [0.1, 0.15) is 5.75 Å². The smallest absolute Gasteiger partial charge is 0.122 e. The molecule has 1 aromatic carbocycles. The zero-order valence-corrected chi connectivity index (χ0v) is 12.1. The van der Waals surface area contributed by atoms with Gasteiger partial charge in [-0.3, -0.25) is 0 Å². The van der Waals surface area contributed by atoms with Gasteiger partial charge in [0.15, 0.2) is 0 Å². The van der Waals surface area contributed by atoms with Crippen LogP contribution in [0.1, 0.15) is 43.4 Å². The third-order valence-corrected chi connectivity index (χ3v) is 4.12. The maximum atomic E-state index is 5.76. The second-order valence-electron chi connectivity index (χ2n) is 4.46. The summed E-state index contributed by atoms with van der Waals surface area (Å²) in [7, 11) is 2.04. The van der Waals surface area contributed by atoms with Crippen LogP contribution in [0.25, 0.3) is 0 Å². The second-order valence-corrected chi connectivity index (χ2v) is 5.31. The topological polar surface area (TPSA) is 21.3 Å². The van der Waals surface area contributed by atoms with Crippen molar-refractivity contribution < 1.29 is 4.74 Å². The lowest BCUT2D eigenvalue weighted by atomic mass is 9.98. The first-order valence-electron chi connectivity index (χ1n) is 6.39. The van der Waals surface area contributed by atoms with E-state index < -0.39 is 0 Å². The van der Waals surface area contributed by atoms with E-state index in [2.05, 4.69) is 33.4 Å². The van der Waals surface area contributed by atoms with Crippen LogP contribution in [0.2, 0.25) is 0 Å². The Labute approximate surface area is 112 Å². The summed E-state index contributed by atoms with van der Waals surface area (Å²) in [5.74, 6) is 1.06. The Morgan fingerprint density at radius 2 is 2.24 bits per heavy atom. The van der Waals surface area contributed by atoms with Gasteiger partial charge in [-0.05, 0) is 50.9 Å². The first-order chi connectivity index (χ1) is 8.27. The lowest BCUT2D eigenvalue weighted by Gasteiger charge is -2.20. The van der Waals surface area contributed by atoms with Gasteiger partial charge < -0.3 is 10.1 Å². The predicted octanol–water partition coefficient (Wildman–Crippen LogP) is 3.83. The number of rotatable bonds is 3. The molecule has 0 saturated carbocycles. The van der Waals surface area contributed by atoms with E-state index in [-0.39, 0.29) is 0 Å². The number of nitrogens with one attached hydrogen (secondary N) is 1. The fourth-order valence-electron chi connectivity index (χ4n) is 2.62. The third-order valence-electron chi connectivity index (χ3n) is 3.43. The quantitative estimate of drug-likeness (QED) is 0.856. The van der Waals surface area contributed by atoms with E-state index in [1.54, 1.807) is 0 Å². The molecule has 17 heavy (non-hydrogen) atoms. The number of hydrogen-bond acceptors (Lipinski definition) is 2. The van der Waals surface area contributed by atoms with E-state index in [0.29, 0.717) is 6.04 Å². The van der Waals surface area contributed by atoms with E-state index in [1.807, 2.05) is 14.0 Å². The van der Waals surface area contributed by atoms with Gasteiger partial charge in [0.25, 0.3) is 0 Å². The van der Waals surface area contributed by atoms with E-state index in [9.17, 15) is 0 Å². The summed E-state index contributed by atoms with van der Waals surface area (Å²) in [6.45, 7) is 2.78. The lowest BCUT2D eigenvalue weighted by molar-refractivity contribution is 0.335. The van der Waals surface area contributed by atoms with Crippen molar-refractivity contribution in [1.82, 2.24) is 5.32 Å². The van der Waals surface area contributed by atoms with Crippen molar-refractivity contribution in [2.75, 3.05) is 13.7 Å². The van der Waals surface area contributed by atoms with Gasteiger partial charge in [-0.1, -0.05) is 22.4 Å². The highest BCUT2D eigenvalue weighted by atomic mass is 79.9. The summed E-state index contributed by atoms with van der Waals surface area (Å²) in [6, 6.07) is 4.64. The van der Waals surface area contributed by atoms with Crippen molar-refractivity contribution in [3.63, 3.8) is 0 Å². The molecule has 2 rings (SSSR count). The molecule has 0 saturated heterocycles. The van der Waals surface area contributed by atoms with Gasteiger partial charge in [0, 0.05) is 16.1 Å². The van der Waals surface area contributed by atoms with E-state index in [4.69, 9.17) is 4.74 Å². The molecule has 0 fully saturated rings. The predicted molar refractivity (Wildman–Crippen MR) is 74.7 cm³/mol. The molecule has 0 amide bonds. The molecule has 0 radical (unpaired) electrons. The van der Waals surface area contributed by atoms with Crippen molar-refractivity contribution in [2.24, 2.45) is 0 Å². The van der Waals surface area contributed by atoms with Crippen molar-refractivity contribution in [1.29, 1.82) is 0 Å². The Morgan fingerprint density at radius 3 is 2.94 bits per heavy atom. The number of halogens is 1. The molecule has 0 aromatic heterocycles. The monoisotopic (exact) mass is 297 g/mol. The van der Waals surface area contributed by atoms with Gasteiger partial charge in [-0.25, -0.2) is 0 Å². The van der Waals surface area contributed by atoms with Crippen LogP contribution in [0.5, 0.6) is 5.75 Å². The first kappa shape index (κ1) is 12.9. The molecule has 1 aliphatic carbocycles. The van der Waals surface area contributed by atoms with Gasteiger partial charge in [0.2, 0.25) is 0 Å². The zero-order valence-electron chi connectivity index (χ0n) is 10.6. The van der Waals surface area contributed by atoms with Crippen LogP contribution in [0.15, 0.2) is 16.6 Å². The Morgan fingerprint density at radius 1 is 1.41 bits per heavy atom. The van der Waals surface area contributed by atoms with Crippen molar-refractivity contribution in [3.05, 3.63) is 27.7 Å². The minimum atomic E-state index is 0.447. The third kappa shape index (κ3) is 2.66. The normalized spacial score (nSPS) is 19.6. The Balaban J connectivity index is 2.48. The molecule has 1 unspecified atom stereocenters. The minimum Gasteiger partial charge on any atom is -0.494 e. The molecule has 1 aromatic rings. The fraction of sp³-hybridized carbons (Fsp3) is 0.571. The molecule has 0 aliphatic heterocycles. The summed E-state index contributed by atoms with van der Waals surface area (Å²) in [5.41, 5.74) is 2.79. The summed E-state index contributed by atoms with van der Waals surface area (Å²) in [4.78, 5) is 0. The standard InChI is InChI=1S/C14H20BrNO/c1-3-17-13-9-8-11(15)14-10(13)6-4-5-7-12(14)16-2/h8-9,12,16H,3-7H2,1-2H3. The molecule has 0 bridgehead atoms. The summed E-state index contributed by atoms with van der Waals surface area (Å²) in [5, 5.41) is 3.42. The van der Waals surface area contributed by atoms with Crippen molar-refractivity contribution in [3.8, 4) is 5.75 Å². The minimum absolute atomic E-state index is 0.447. The number of ether oxygens (including phenoxy) is 1. The molecule has 3 heteroatoms. The van der Waals surface area contributed by atoms with Crippen LogP contribution in [-0.2, 0) is 6.42 Å². The Bertz CT molecular complexity index is 392. The average molecular weight is 298 g/mol. The van der Waals surface area contributed by atoms with Crippen molar-refractivity contribution >= 4 is 15.9 Å². The van der Waals surface area contributed by atoms with E-state index >= 15 is 0 Å². The van der Waals surface area contributed by atoms with Gasteiger partial charge >= 0.3 is 0 Å². The molecule has 0 heterocycles. The van der Waals surface area contributed by atoms with Crippen LogP contribution in [0.3, 0.4) is 0 Å². The summed E-state index contributed by atoms with van der Waals surface area (Å²) >= 11 is 3.69. The Hall–Kier alpha value is -0.540. The highest BCUT2D eigenvalue weighted by Crippen LogP contribution is 2.38. The molecule has 94 valence electrons. The molecule has 1 atom stereocenters. The van der Waals surface area contributed by atoms with Crippen LogP contribution < -0.4 is 10.1 Å². The maximum Gasteiger partial charge on any atom is 0.122 e. The summed E-state index contributed by atoms with van der Waals surface area (Å²) in [6.07, 6.45) is 4.86. The molecule has 1 N–H and O–H groups in total. The van der Waals surface area contributed by atoms with Crippen LogP contribution in [0, 0.1) is 0 Å². The summed E-state index contributed by atoms with van der Waals surface area (Å²) < 4.78 is 6.96. The van der Waals surface area contributed by atoms with Crippen LogP contribution >= 0.6 is 15.9 Å². The SMILES string of the molecule is CCOc1ccc(Br)c2c1CCCCC2NC. The van der Waals surface area contributed by atoms with Crippen LogP contribution in [0.4, 0.5) is 0 Å². The Kier molecular flexibility index (Phi) is 4.46. The van der Waals surface area contributed by atoms with E-state index in [1.165, 1.54) is 34.9 Å². The van der Waals surface area contributed by atoms with Crippen molar-refractivity contribution in [2.45, 2.75) is 38.6 Å². The molecular formula is C14H20BrNO. The van der Waals surface area contributed by atoms with Gasteiger partial charge in [0.05, 0.1) is 6.61 Å².